The molecule has 0 aliphatic carbocycles. The number of hydrogen-bond acceptors (Lipinski definition) is 5. The van der Waals surface area contributed by atoms with Gasteiger partial charge >= 0.3 is 0 Å². The Morgan fingerprint density at radius 1 is 1.30 bits per heavy atom. The first-order valence-electron chi connectivity index (χ1n) is 6.30. The zero-order valence-corrected chi connectivity index (χ0v) is 13.4. The van der Waals surface area contributed by atoms with E-state index in [1.54, 1.807) is 16.0 Å². The summed E-state index contributed by atoms with van der Waals surface area (Å²) in [4.78, 5) is 6.83. The lowest BCUT2D eigenvalue weighted by atomic mass is 10.4. The van der Waals surface area contributed by atoms with Crippen molar-refractivity contribution < 1.29 is 8.42 Å². The fourth-order valence-corrected chi connectivity index (χ4v) is 5.23. The topological polar surface area (TPSA) is 57.9 Å². The number of thiazole rings is 1. The van der Waals surface area contributed by atoms with Crippen LogP contribution in [-0.4, -0.2) is 60.2 Å². The maximum Gasteiger partial charge on any atom is 0.262 e. The van der Waals surface area contributed by atoms with Crippen LogP contribution in [0.2, 0.25) is 5.15 Å². The van der Waals surface area contributed by atoms with E-state index in [0.29, 0.717) is 18.1 Å². The van der Waals surface area contributed by atoms with Crippen molar-refractivity contribution in [1.82, 2.24) is 18.6 Å². The smallest absolute Gasteiger partial charge is 0.262 e. The van der Waals surface area contributed by atoms with Gasteiger partial charge in [0.15, 0.2) is 15.1 Å². The maximum atomic E-state index is 12.8. The van der Waals surface area contributed by atoms with Crippen molar-refractivity contribution in [2.24, 2.45) is 0 Å². The number of halogens is 1. The number of fused-ring (bicyclic) bond motifs is 1. The first kappa shape index (κ1) is 14.3. The summed E-state index contributed by atoms with van der Waals surface area (Å²) in [5.74, 6) is 0. The second-order valence-electron chi connectivity index (χ2n) is 4.82. The van der Waals surface area contributed by atoms with Crippen molar-refractivity contribution in [3.63, 3.8) is 0 Å². The van der Waals surface area contributed by atoms with Gasteiger partial charge in [-0.25, -0.2) is 13.4 Å². The molecule has 2 aromatic rings. The van der Waals surface area contributed by atoms with Crippen LogP contribution in [-0.2, 0) is 10.0 Å². The molecule has 20 heavy (non-hydrogen) atoms. The van der Waals surface area contributed by atoms with Crippen molar-refractivity contribution in [2.45, 2.75) is 11.4 Å². The molecule has 0 amide bonds. The summed E-state index contributed by atoms with van der Waals surface area (Å²) >= 11 is 7.41. The molecule has 3 rings (SSSR count). The van der Waals surface area contributed by atoms with E-state index in [1.807, 2.05) is 7.05 Å². The van der Waals surface area contributed by atoms with E-state index >= 15 is 0 Å². The molecular weight excluding hydrogens is 320 g/mol. The molecule has 9 heteroatoms. The molecule has 0 saturated carbocycles. The number of aromatic nitrogens is 2. The first-order valence-corrected chi connectivity index (χ1v) is 8.99. The summed E-state index contributed by atoms with van der Waals surface area (Å²) in [6.07, 6.45) is 2.51. The predicted molar refractivity (Wildman–Crippen MR) is 79.0 cm³/mol. The molecule has 0 atom stereocenters. The Balaban J connectivity index is 2.03. The zero-order chi connectivity index (χ0) is 14.3. The number of hydrogen-bond donors (Lipinski definition) is 0. The molecule has 0 spiro atoms. The van der Waals surface area contributed by atoms with Crippen LogP contribution >= 0.6 is 22.9 Å². The molecule has 0 aromatic carbocycles. The van der Waals surface area contributed by atoms with Gasteiger partial charge in [-0.05, 0) is 20.0 Å². The average Bonchev–Trinajstić information content (AvgIpc) is 2.83. The van der Waals surface area contributed by atoms with E-state index < -0.39 is 10.0 Å². The highest BCUT2D eigenvalue weighted by atomic mass is 35.5. The van der Waals surface area contributed by atoms with Crippen LogP contribution in [0.25, 0.3) is 4.96 Å². The summed E-state index contributed by atoms with van der Waals surface area (Å²) < 4.78 is 28.7. The molecule has 110 valence electrons. The van der Waals surface area contributed by atoms with Crippen LogP contribution in [0, 0.1) is 0 Å². The normalized spacial score (nSPS) is 19.5. The van der Waals surface area contributed by atoms with Crippen molar-refractivity contribution in [2.75, 3.05) is 33.2 Å². The number of rotatable bonds is 2. The molecular formula is C11H15ClN4O2S2. The minimum Gasteiger partial charge on any atom is -0.305 e. The van der Waals surface area contributed by atoms with Gasteiger partial charge in [-0.2, -0.15) is 4.31 Å². The van der Waals surface area contributed by atoms with Gasteiger partial charge in [0, 0.05) is 31.2 Å². The van der Waals surface area contributed by atoms with E-state index in [0.717, 1.165) is 19.5 Å². The van der Waals surface area contributed by atoms with Crippen LogP contribution in [0.5, 0.6) is 0 Å². The molecule has 1 saturated heterocycles. The van der Waals surface area contributed by atoms with Crippen LogP contribution < -0.4 is 0 Å². The van der Waals surface area contributed by atoms with Crippen LogP contribution in [0.1, 0.15) is 6.42 Å². The Kier molecular flexibility index (Phi) is 3.76. The minimum absolute atomic E-state index is 0.0504. The third kappa shape index (κ3) is 2.35. The van der Waals surface area contributed by atoms with Crippen molar-refractivity contribution in [1.29, 1.82) is 0 Å². The Labute approximate surface area is 126 Å². The second kappa shape index (κ2) is 5.27. The number of nitrogens with zero attached hydrogens (tertiary/aromatic N) is 4. The largest absolute Gasteiger partial charge is 0.305 e. The van der Waals surface area contributed by atoms with Crippen molar-refractivity contribution in [3.05, 3.63) is 16.7 Å². The molecule has 2 aromatic heterocycles. The average molecular weight is 335 g/mol. The first-order chi connectivity index (χ1) is 9.50. The quantitative estimate of drug-likeness (QED) is 0.832. The van der Waals surface area contributed by atoms with Crippen LogP contribution in [0.3, 0.4) is 0 Å². The molecule has 0 radical (unpaired) electrons. The highest BCUT2D eigenvalue weighted by Gasteiger charge is 2.32. The van der Waals surface area contributed by atoms with Gasteiger partial charge in [0.2, 0.25) is 0 Å². The molecule has 1 aliphatic heterocycles. The summed E-state index contributed by atoms with van der Waals surface area (Å²) in [5.41, 5.74) is 0. The third-order valence-corrected chi connectivity index (χ3v) is 6.50. The minimum atomic E-state index is -3.61. The number of sulfonamides is 1. The van der Waals surface area contributed by atoms with E-state index in [-0.39, 0.29) is 10.2 Å². The highest BCUT2D eigenvalue weighted by Crippen LogP contribution is 2.28. The van der Waals surface area contributed by atoms with Crippen molar-refractivity contribution in [3.8, 4) is 0 Å². The second-order valence-corrected chi connectivity index (χ2v) is 7.91. The fraction of sp³-hybridized carbons (Fsp3) is 0.545. The lowest BCUT2D eigenvalue weighted by molar-refractivity contribution is 0.347. The molecule has 0 N–H and O–H groups in total. The molecule has 6 nitrogen and oxygen atoms in total. The van der Waals surface area contributed by atoms with Gasteiger partial charge in [0.05, 0.1) is 0 Å². The van der Waals surface area contributed by atoms with Gasteiger partial charge < -0.3 is 4.90 Å². The van der Waals surface area contributed by atoms with E-state index in [1.165, 1.54) is 15.6 Å². The molecule has 1 aliphatic rings. The number of imidazole rings is 1. The number of likely N-dealkylation sites (N-methyl/N-ethyl adjacent to an activating group) is 1. The summed E-state index contributed by atoms with van der Waals surface area (Å²) in [6.45, 7) is 2.62. The summed E-state index contributed by atoms with van der Waals surface area (Å²) in [6, 6.07) is 0. The fourth-order valence-electron chi connectivity index (χ4n) is 2.35. The van der Waals surface area contributed by atoms with E-state index in [9.17, 15) is 8.42 Å². The third-order valence-electron chi connectivity index (χ3n) is 3.44. The monoisotopic (exact) mass is 334 g/mol. The van der Waals surface area contributed by atoms with Gasteiger partial charge in [-0.15, -0.1) is 11.3 Å². The Hall–Kier alpha value is -0.670. The molecule has 0 bridgehead atoms. The van der Waals surface area contributed by atoms with E-state index in [4.69, 9.17) is 11.6 Å². The Bertz CT molecular complexity index is 724. The summed E-state index contributed by atoms with van der Waals surface area (Å²) in [7, 11) is -1.61. The lowest BCUT2D eigenvalue weighted by Gasteiger charge is -2.19. The molecule has 3 heterocycles. The maximum absolute atomic E-state index is 12.8. The highest BCUT2D eigenvalue weighted by molar-refractivity contribution is 7.89. The zero-order valence-electron chi connectivity index (χ0n) is 11.0. The van der Waals surface area contributed by atoms with Gasteiger partial charge in [0.25, 0.3) is 10.0 Å². The predicted octanol–water partition coefficient (Wildman–Crippen LogP) is 1.38. The summed E-state index contributed by atoms with van der Waals surface area (Å²) in [5, 5.41) is 1.93. The standard InChI is InChI=1S/C11H15ClN4O2S2/c1-14-3-2-4-15(6-5-14)20(17,18)10-9(12)13-11-16(10)7-8-19-11/h7-8H,2-6H2,1H3. The van der Waals surface area contributed by atoms with Crippen LogP contribution in [0.4, 0.5) is 0 Å². The van der Waals surface area contributed by atoms with Gasteiger partial charge in [0.1, 0.15) is 0 Å². The molecule has 1 fully saturated rings. The molecule has 0 unspecified atom stereocenters. The Morgan fingerprint density at radius 2 is 2.10 bits per heavy atom. The van der Waals surface area contributed by atoms with E-state index in [2.05, 4.69) is 9.88 Å². The van der Waals surface area contributed by atoms with Crippen LogP contribution in [0.15, 0.2) is 16.6 Å². The lowest BCUT2D eigenvalue weighted by Crippen LogP contribution is -2.35. The van der Waals surface area contributed by atoms with Gasteiger partial charge in [-0.3, -0.25) is 4.40 Å². The SMILES string of the molecule is CN1CCCN(S(=O)(=O)c2c(Cl)nc3sccn23)CC1. The Morgan fingerprint density at radius 3 is 2.90 bits per heavy atom. The van der Waals surface area contributed by atoms with Crippen molar-refractivity contribution >= 4 is 37.9 Å². The van der Waals surface area contributed by atoms with Gasteiger partial charge in [-0.1, -0.05) is 11.6 Å².